The summed E-state index contributed by atoms with van der Waals surface area (Å²) in [7, 11) is 0. The Morgan fingerprint density at radius 3 is 2.24 bits per heavy atom. The van der Waals surface area contributed by atoms with E-state index in [1.165, 1.54) is 12.3 Å². The van der Waals surface area contributed by atoms with Gasteiger partial charge in [-0.25, -0.2) is 0 Å². The van der Waals surface area contributed by atoms with E-state index in [0.29, 0.717) is 41.5 Å². The molecule has 0 saturated heterocycles. The Labute approximate surface area is 197 Å². The third-order valence-electron chi connectivity index (χ3n) is 4.89. The van der Waals surface area contributed by atoms with Crippen LogP contribution in [0.2, 0.25) is 0 Å². The summed E-state index contributed by atoms with van der Waals surface area (Å²) in [6.45, 7) is 0.452. The highest BCUT2D eigenvalue weighted by Gasteiger charge is 2.08. The Kier molecular flexibility index (Phi) is 7.15. The number of carbonyl (C=O) groups is 2. The van der Waals surface area contributed by atoms with E-state index in [-0.39, 0.29) is 11.6 Å². The van der Waals surface area contributed by atoms with Crippen molar-refractivity contribution in [3.8, 4) is 23.0 Å². The molecular formula is C27H23N3O4. The molecule has 3 N–H and O–H groups in total. The van der Waals surface area contributed by atoms with Crippen LogP contribution in [0.3, 0.4) is 0 Å². The van der Waals surface area contributed by atoms with Crippen LogP contribution in [0.15, 0.2) is 97.2 Å². The first kappa shape index (κ1) is 22.5. The summed E-state index contributed by atoms with van der Waals surface area (Å²) in [5.41, 5.74) is 6.91. The van der Waals surface area contributed by atoms with Crippen LogP contribution in [0.25, 0.3) is 0 Å². The van der Waals surface area contributed by atoms with Crippen molar-refractivity contribution in [2.75, 3.05) is 6.54 Å². The summed E-state index contributed by atoms with van der Waals surface area (Å²) in [6, 6.07) is 27.1. The topological polar surface area (TPSA) is 104 Å². The fraction of sp³-hybridized carbons (Fsp3) is 0.0741. The lowest BCUT2D eigenvalue weighted by Crippen LogP contribution is -2.25. The van der Waals surface area contributed by atoms with Gasteiger partial charge in [-0.3, -0.25) is 14.6 Å². The van der Waals surface area contributed by atoms with Gasteiger partial charge in [0.15, 0.2) is 0 Å². The van der Waals surface area contributed by atoms with Gasteiger partial charge in [-0.2, -0.15) is 0 Å². The van der Waals surface area contributed by atoms with Crippen LogP contribution in [-0.2, 0) is 6.42 Å². The van der Waals surface area contributed by atoms with Gasteiger partial charge >= 0.3 is 0 Å². The molecule has 7 nitrogen and oxygen atoms in total. The molecule has 0 radical (unpaired) electrons. The van der Waals surface area contributed by atoms with Gasteiger partial charge in [-0.05, 0) is 60.5 Å². The molecule has 4 rings (SSSR count). The van der Waals surface area contributed by atoms with E-state index in [9.17, 15) is 9.59 Å². The molecule has 0 bridgehead atoms. The number of primary amides is 1. The number of rotatable bonds is 9. The SMILES string of the molecule is NC(=O)c1cc(Oc2cccc(CCNC(=O)c3cccc(Oc4ccccc4)c3)c2)ccn1. The van der Waals surface area contributed by atoms with Crippen LogP contribution < -0.4 is 20.5 Å². The highest BCUT2D eigenvalue weighted by Crippen LogP contribution is 2.23. The van der Waals surface area contributed by atoms with Crippen LogP contribution in [0, 0.1) is 0 Å². The van der Waals surface area contributed by atoms with Crippen LogP contribution >= 0.6 is 0 Å². The average Bonchev–Trinajstić information content (AvgIpc) is 2.85. The summed E-state index contributed by atoms with van der Waals surface area (Å²) >= 11 is 0. The number of amides is 2. The molecule has 0 aliphatic carbocycles. The zero-order chi connectivity index (χ0) is 23.8. The van der Waals surface area contributed by atoms with Crippen molar-refractivity contribution in [2.24, 2.45) is 5.73 Å². The second-order valence-corrected chi connectivity index (χ2v) is 7.44. The Hall–Kier alpha value is -4.65. The summed E-state index contributed by atoms with van der Waals surface area (Å²) in [5, 5.41) is 2.93. The zero-order valence-electron chi connectivity index (χ0n) is 18.3. The van der Waals surface area contributed by atoms with E-state index in [2.05, 4.69) is 10.3 Å². The molecule has 0 unspecified atom stereocenters. The molecule has 1 heterocycles. The zero-order valence-corrected chi connectivity index (χ0v) is 18.3. The van der Waals surface area contributed by atoms with Gasteiger partial charge in [0.1, 0.15) is 28.7 Å². The summed E-state index contributed by atoms with van der Waals surface area (Å²) in [5.74, 6) is 1.58. The van der Waals surface area contributed by atoms with Crippen LogP contribution in [-0.4, -0.2) is 23.3 Å². The molecule has 7 heteroatoms. The number of hydrogen-bond donors (Lipinski definition) is 2. The highest BCUT2D eigenvalue weighted by atomic mass is 16.5. The van der Waals surface area contributed by atoms with Gasteiger partial charge in [0, 0.05) is 24.4 Å². The van der Waals surface area contributed by atoms with Crippen LogP contribution in [0.1, 0.15) is 26.4 Å². The van der Waals surface area contributed by atoms with Gasteiger partial charge < -0.3 is 20.5 Å². The number of ether oxygens (including phenoxy) is 2. The molecule has 0 aliphatic heterocycles. The Bertz CT molecular complexity index is 1290. The first-order chi connectivity index (χ1) is 16.6. The lowest BCUT2D eigenvalue weighted by Gasteiger charge is -2.10. The molecular weight excluding hydrogens is 430 g/mol. The van der Waals surface area contributed by atoms with E-state index in [0.717, 1.165) is 5.56 Å². The molecule has 34 heavy (non-hydrogen) atoms. The van der Waals surface area contributed by atoms with Gasteiger partial charge in [0.25, 0.3) is 11.8 Å². The number of hydrogen-bond acceptors (Lipinski definition) is 5. The molecule has 0 aliphatic rings. The maximum Gasteiger partial charge on any atom is 0.267 e. The van der Waals surface area contributed by atoms with Gasteiger partial charge in [0.05, 0.1) is 0 Å². The molecule has 4 aromatic rings. The smallest absolute Gasteiger partial charge is 0.267 e. The van der Waals surface area contributed by atoms with Crippen molar-refractivity contribution in [3.63, 3.8) is 0 Å². The number of para-hydroxylation sites is 1. The monoisotopic (exact) mass is 453 g/mol. The maximum atomic E-state index is 12.6. The molecule has 0 spiro atoms. The third-order valence-corrected chi connectivity index (χ3v) is 4.89. The minimum atomic E-state index is -0.618. The van der Waals surface area contributed by atoms with E-state index in [4.69, 9.17) is 15.2 Å². The number of aromatic nitrogens is 1. The van der Waals surface area contributed by atoms with Gasteiger partial charge in [-0.15, -0.1) is 0 Å². The van der Waals surface area contributed by atoms with Crippen molar-refractivity contribution < 1.29 is 19.1 Å². The van der Waals surface area contributed by atoms with Crippen LogP contribution in [0.4, 0.5) is 0 Å². The van der Waals surface area contributed by atoms with Crippen molar-refractivity contribution in [2.45, 2.75) is 6.42 Å². The molecule has 1 aromatic heterocycles. The number of pyridine rings is 1. The van der Waals surface area contributed by atoms with Crippen molar-refractivity contribution >= 4 is 11.8 Å². The fourth-order valence-electron chi connectivity index (χ4n) is 3.26. The minimum Gasteiger partial charge on any atom is -0.457 e. The molecule has 170 valence electrons. The number of nitrogens with one attached hydrogen (secondary N) is 1. The Morgan fingerprint density at radius 1 is 0.765 bits per heavy atom. The van der Waals surface area contributed by atoms with E-state index >= 15 is 0 Å². The van der Waals surface area contributed by atoms with Crippen LogP contribution in [0.5, 0.6) is 23.0 Å². The Morgan fingerprint density at radius 2 is 1.44 bits per heavy atom. The molecule has 0 atom stereocenters. The summed E-state index contributed by atoms with van der Waals surface area (Å²) < 4.78 is 11.6. The van der Waals surface area contributed by atoms with Crippen molar-refractivity contribution in [1.29, 1.82) is 0 Å². The second-order valence-electron chi connectivity index (χ2n) is 7.44. The minimum absolute atomic E-state index is 0.134. The second kappa shape index (κ2) is 10.8. The predicted molar refractivity (Wildman–Crippen MR) is 128 cm³/mol. The standard InChI is InChI=1S/C27H23N3O4/c28-26(31)25-18-24(13-15-29-25)34-22-10-4-6-19(16-22)12-14-30-27(32)20-7-5-11-23(17-20)33-21-8-2-1-3-9-21/h1-11,13,15-18H,12,14H2,(H2,28,31)(H,30,32). The lowest BCUT2D eigenvalue weighted by molar-refractivity contribution is 0.0952. The molecule has 0 fully saturated rings. The van der Waals surface area contributed by atoms with Crippen molar-refractivity contribution in [1.82, 2.24) is 10.3 Å². The van der Waals surface area contributed by atoms with Gasteiger partial charge in [0.2, 0.25) is 0 Å². The average molecular weight is 453 g/mol. The number of carbonyl (C=O) groups excluding carboxylic acids is 2. The van der Waals surface area contributed by atoms with E-state index < -0.39 is 5.91 Å². The first-order valence-corrected chi connectivity index (χ1v) is 10.7. The Balaban J connectivity index is 1.32. The first-order valence-electron chi connectivity index (χ1n) is 10.7. The number of benzene rings is 3. The number of nitrogens with two attached hydrogens (primary N) is 1. The van der Waals surface area contributed by atoms with E-state index in [1.54, 1.807) is 24.3 Å². The molecule has 2 amide bonds. The normalized spacial score (nSPS) is 10.4. The maximum absolute atomic E-state index is 12.6. The quantitative estimate of drug-likeness (QED) is 0.381. The van der Waals surface area contributed by atoms with Crippen molar-refractivity contribution in [3.05, 3.63) is 114 Å². The largest absolute Gasteiger partial charge is 0.457 e. The fourth-order valence-corrected chi connectivity index (χ4v) is 3.26. The summed E-state index contributed by atoms with van der Waals surface area (Å²) in [4.78, 5) is 27.8. The van der Waals surface area contributed by atoms with Gasteiger partial charge in [-0.1, -0.05) is 36.4 Å². The third kappa shape index (κ3) is 6.20. The molecule has 3 aromatic carbocycles. The number of nitrogens with zero attached hydrogens (tertiary/aromatic N) is 1. The molecule has 0 saturated carbocycles. The lowest BCUT2D eigenvalue weighted by atomic mass is 10.1. The van der Waals surface area contributed by atoms with E-state index in [1.807, 2.05) is 60.7 Å². The predicted octanol–water partition coefficient (Wildman–Crippen LogP) is 4.74. The highest BCUT2D eigenvalue weighted by molar-refractivity contribution is 5.94. The summed E-state index contributed by atoms with van der Waals surface area (Å²) in [6.07, 6.45) is 2.08.